The van der Waals surface area contributed by atoms with E-state index in [1.165, 1.54) is 48.5 Å². The number of benzene rings is 2. The summed E-state index contributed by atoms with van der Waals surface area (Å²) in [6.07, 6.45) is 1.10. The number of unbranched alkanes of at least 4 members (excludes halogenated alkanes) is 1. The molecule has 12 heteroatoms. The number of aromatic carboxylic acids is 2. The molecular formula is C26H26O12. The van der Waals surface area contributed by atoms with E-state index >= 15 is 0 Å². The molecule has 12 nitrogen and oxygen atoms in total. The number of carboxylic acid groups (broad SMARTS) is 3. The Kier molecular flexibility index (Phi) is 13.1. The minimum atomic E-state index is -1.16. The second-order valence-electron chi connectivity index (χ2n) is 7.64. The Morgan fingerprint density at radius 3 is 1.11 bits per heavy atom. The van der Waals surface area contributed by atoms with Gasteiger partial charge in [0.05, 0.1) is 22.3 Å². The van der Waals surface area contributed by atoms with Crippen LogP contribution in [0, 0.1) is 0 Å². The van der Waals surface area contributed by atoms with Crippen molar-refractivity contribution in [2.75, 3.05) is 0 Å². The first-order valence-electron chi connectivity index (χ1n) is 11.3. The molecule has 0 spiro atoms. The molecular weight excluding hydrogens is 504 g/mol. The third-order valence-corrected chi connectivity index (χ3v) is 4.62. The van der Waals surface area contributed by atoms with Gasteiger partial charge in [0, 0.05) is 19.3 Å². The van der Waals surface area contributed by atoms with Gasteiger partial charge in [-0.1, -0.05) is 6.92 Å². The Hall–Kier alpha value is -4.87. The maximum Gasteiger partial charge on any atom is 0.345 e. The fourth-order valence-corrected chi connectivity index (χ4v) is 2.68. The summed E-state index contributed by atoms with van der Waals surface area (Å²) in [7, 11) is 0. The van der Waals surface area contributed by atoms with E-state index in [1.54, 1.807) is 0 Å². The van der Waals surface area contributed by atoms with E-state index in [1.807, 2.05) is 6.92 Å². The van der Waals surface area contributed by atoms with Gasteiger partial charge >= 0.3 is 41.8 Å². The Labute approximate surface area is 216 Å². The molecule has 0 unspecified atom stereocenters. The van der Waals surface area contributed by atoms with Crippen LogP contribution in [-0.2, 0) is 23.9 Å². The molecule has 0 aliphatic carbocycles. The molecule has 0 heterocycles. The van der Waals surface area contributed by atoms with Crippen molar-refractivity contribution in [1.29, 1.82) is 0 Å². The van der Waals surface area contributed by atoms with Gasteiger partial charge in [0.2, 0.25) is 0 Å². The van der Waals surface area contributed by atoms with E-state index in [9.17, 15) is 33.6 Å². The lowest BCUT2D eigenvalue weighted by molar-refractivity contribution is -0.140. The maximum atomic E-state index is 11.9. The van der Waals surface area contributed by atoms with Crippen LogP contribution in [0.25, 0.3) is 0 Å². The Morgan fingerprint density at radius 1 is 0.553 bits per heavy atom. The van der Waals surface area contributed by atoms with Gasteiger partial charge in [-0.3, -0.25) is 14.4 Å². The van der Waals surface area contributed by atoms with Crippen molar-refractivity contribution in [1.82, 2.24) is 0 Å². The molecule has 0 radical (unpaired) electrons. The highest BCUT2D eigenvalue weighted by atomic mass is 16.6. The van der Waals surface area contributed by atoms with Crippen LogP contribution in [0.5, 0.6) is 0 Å². The predicted molar refractivity (Wildman–Crippen MR) is 129 cm³/mol. The number of ether oxygens (including phenoxy) is 2. The van der Waals surface area contributed by atoms with Crippen LogP contribution in [0.3, 0.4) is 0 Å². The zero-order chi connectivity index (χ0) is 28.7. The van der Waals surface area contributed by atoms with Crippen molar-refractivity contribution in [2.45, 2.75) is 45.4 Å². The van der Waals surface area contributed by atoms with Gasteiger partial charge in [-0.15, -0.1) is 0 Å². The molecule has 0 bridgehead atoms. The quantitative estimate of drug-likeness (QED) is 0.217. The number of rotatable bonds is 11. The lowest BCUT2D eigenvalue weighted by atomic mass is 10.1. The smallest absolute Gasteiger partial charge is 0.345 e. The van der Waals surface area contributed by atoms with E-state index < -0.39 is 41.8 Å². The van der Waals surface area contributed by atoms with Gasteiger partial charge in [0.1, 0.15) is 0 Å². The van der Waals surface area contributed by atoms with Crippen molar-refractivity contribution < 1.29 is 58.4 Å². The fraction of sp³-hybridized carbons (Fsp3) is 0.269. The minimum absolute atomic E-state index is 0.0156. The predicted octanol–water partition coefficient (Wildman–Crippen LogP) is 3.58. The highest BCUT2D eigenvalue weighted by Gasteiger charge is 2.16. The standard InChI is InChI=1S/C22H18O10.C4H8O2/c23-17(31-21(29)15-9-5-13(6-10-15)19(25)26)3-1-2-4-18(24)32-22(30)16-11-7-14(8-12-16)20(27)28;1-2-3-4(5)6/h5-12H,1-4H2,(H,25,26)(H,27,28);2-3H2,1H3,(H,5,6). The largest absolute Gasteiger partial charge is 0.481 e. The Bertz CT molecular complexity index is 1080. The van der Waals surface area contributed by atoms with Gasteiger partial charge in [0.15, 0.2) is 0 Å². The lowest BCUT2D eigenvalue weighted by Crippen LogP contribution is -2.14. The normalized spacial score (nSPS) is 9.82. The SMILES string of the molecule is CCCC(=O)O.O=C(CCCCC(=O)OC(=O)c1ccc(C(=O)O)cc1)OC(=O)c1ccc(C(=O)O)cc1. The zero-order valence-corrected chi connectivity index (χ0v) is 20.4. The molecule has 2 rings (SSSR count). The van der Waals surface area contributed by atoms with E-state index in [0.29, 0.717) is 6.42 Å². The highest BCUT2D eigenvalue weighted by molar-refractivity contribution is 5.98. The molecule has 0 saturated carbocycles. The molecule has 0 fully saturated rings. The van der Waals surface area contributed by atoms with Crippen LogP contribution in [0.2, 0.25) is 0 Å². The molecule has 2 aromatic rings. The number of carbonyl (C=O) groups is 7. The summed E-state index contributed by atoms with van der Waals surface area (Å²) in [5.41, 5.74) is -0.00491. The maximum absolute atomic E-state index is 11.9. The van der Waals surface area contributed by atoms with Gasteiger partial charge in [0.25, 0.3) is 0 Å². The first-order chi connectivity index (χ1) is 17.9. The summed E-state index contributed by atoms with van der Waals surface area (Å²) in [6, 6.07) is 9.71. The highest BCUT2D eigenvalue weighted by Crippen LogP contribution is 2.10. The Balaban J connectivity index is 0.00000107. The molecule has 38 heavy (non-hydrogen) atoms. The van der Waals surface area contributed by atoms with Crippen LogP contribution in [-0.4, -0.2) is 57.1 Å². The number of carboxylic acids is 3. The van der Waals surface area contributed by atoms with Gasteiger partial charge in [-0.25, -0.2) is 19.2 Å². The van der Waals surface area contributed by atoms with Crippen molar-refractivity contribution in [3.05, 3.63) is 70.8 Å². The number of hydrogen-bond donors (Lipinski definition) is 3. The van der Waals surface area contributed by atoms with Gasteiger partial charge in [-0.05, 0) is 67.8 Å². The first kappa shape index (κ1) is 31.2. The van der Waals surface area contributed by atoms with Gasteiger partial charge in [-0.2, -0.15) is 0 Å². The summed E-state index contributed by atoms with van der Waals surface area (Å²) in [5.74, 6) is -6.51. The molecule has 0 atom stereocenters. The van der Waals surface area contributed by atoms with Crippen LogP contribution >= 0.6 is 0 Å². The third kappa shape index (κ3) is 11.7. The van der Waals surface area contributed by atoms with Gasteiger partial charge < -0.3 is 24.8 Å². The van der Waals surface area contributed by atoms with Crippen molar-refractivity contribution in [2.24, 2.45) is 0 Å². The van der Waals surface area contributed by atoms with E-state index in [0.717, 1.165) is 6.42 Å². The molecule has 0 saturated heterocycles. The number of hydrogen-bond acceptors (Lipinski definition) is 9. The topological polar surface area (TPSA) is 199 Å². The van der Waals surface area contributed by atoms with E-state index in [2.05, 4.69) is 9.47 Å². The summed E-state index contributed by atoms with van der Waals surface area (Å²) < 4.78 is 9.31. The van der Waals surface area contributed by atoms with E-state index in [4.69, 9.17) is 15.3 Å². The fourth-order valence-electron chi connectivity index (χ4n) is 2.68. The second kappa shape index (κ2) is 16.0. The van der Waals surface area contributed by atoms with Crippen LogP contribution in [0.1, 0.15) is 86.9 Å². The molecule has 0 amide bonds. The first-order valence-corrected chi connectivity index (χ1v) is 11.3. The summed E-state index contributed by atoms with van der Waals surface area (Å²) in [5, 5.41) is 25.5. The number of aliphatic carboxylic acids is 1. The van der Waals surface area contributed by atoms with Crippen molar-refractivity contribution in [3.8, 4) is 0 Å². The van der Waals surface area contributed by atoms with Crippen LogP contribution in [0.4, 0.5) is 0 Å². The molecule has 0 aliphatic rings. The average Bonchev–Trinajstić information content (AvgIpc) is 2.87. The summed E-state index contributed by atoms with van der Waals surface area (Å²) in [6.45, 7) is 1.84. The van der Waals surface area contributed by atoms with Crippen LogP contribution in [0.15, 0.2) is 48.5 Å². The van der Waals surface area contributed by atoms with Crippen molar-refractivity contribution in [3.63, 3.8) is 0 Å². The zero-order valence-electron chi connectivity index (χ0n) is 20.4. The molecule has 0 aromatic heterocycles. The minimum Gasteiger partial charge on any atom is -0.481 e. The third-order valence-electron chi connectivity index (χ3n) is 4.62. The Morgan fingerprint density at radius 2 is 0.868 bits per heavy atom. The number of carbonyl (C=O) groups excluding carboxylic acids is 4. The molecule has 0 aliphatic heterocycles. The number of esters is 4. The van der Waals surface area contributed by atoms with Crippen molar-refractivity contribution >= 4 is 41.8 Å². The lowest BCUT2D eigenvalue weighted by Gasteiger charge is -2.05. The summed E-state index contributed by atoms with van der Waals surface area (Å²) in [4.78, 5) is 78.3. The van der Waals surface area contributed by atoms with Crippen LogP contribution < -0.4 is 0 Å². The molecule has 2 aromatic carbocycles. The molecule has 202 valence electrons. The second-order valence-corrected chi connectivity index (χ2v) is 7.64. The average molecular weight is 530 g/mol. The summed E-state index contributed by atoms with van der Waals surface area (Å²) >= 11 is 0. The van der Waals surface area contributed by atoms with E-state index in [-0.39, 0.29) is 47.9 Å². The monoisotopic (exact) mass is 530 g/mol. The molecule has 3 N–H and O–H groups in total.